The fourth-order valence-corrected chi connectivity index (χ4v) is 1.46. The molecular formula is C10H8ClN3O3. The molecule has 0 amide bonds. The number of pyridine rings is 1. The predicted octanol–water partition coefficient (Wildman–Crippen LogP) is 1.96. The first-order valence-electron chi connectivity index (χ1n) is 4.62. The van der Waals surface area contributed by atoms with Crippen molar-refractivity contribution in [2.45, 2.75) is 0 Å². The molecule has 0 spiro atoms. The van der Waals surface area contributed by atoms with E-state index in [1.807, 2.05) is 0 Å². The van der Waals surface area contributed by atoms with Crippen LogP contribution in [0.25, 0.3) is 0 Å². The summed E-state index contributed by atoms with van der Waals surface area (Å²) in [7, 11) is 1.73. The molecule has 6 nitrogen and oxygen atoms in total. The van der Waals surface area contributed by atoms with Crippen molar-refractivity contribution < 1.29 is 14.6 Å². The first-order chi connectivity index (χ1) is 8.08. The third-order valence-electron chi connectivity index (χ3n) is 1.98. The molecule has 7 heteroatoms. The Morgan fingerprint density at radius 1 is 1.59 bits per heavy atom. The number of carboxylic acid groups (broad SMARTS) is 1. The van der Waals surface area contributed by atoms with Crippen LogP contribution in [0.15, 0.2) is 24.7 Å². The van der Waals surface area contributed by atoms with Crippen LogP contribution in [0.1, 0.15) is 10.4 Å². The van der Waals surface area contributed by atoms with Crippen LogP contribution < -0.4 is 4.74 Å². The molecule has 2 rings (SSSR count). The molecule has 0 radical (unpaired) electrons. The second-order valence-electron chi connectivity index (χ2n) is 3.23. The highest BCUT2D eigenvalue weighted by atomic mass is 35.5. The molecule has 1 N–H and O–H groups in total. The highest BCUT2D eigenvalue weighted by molar-refractivity contribution is 6.34. The van der Waals surface area contributed by atoms with E-state index < -0.39 is 5.97 Å². The van der Waals surface area contributed by atoms with Crippen LogP contribution in [-0.2, 0) is 7.05 Å². The Morgan fingerprint density at radius 2 is 2.35 bits per heavy atom. The smallest absolute Gasteiger partial charge is 0.337 e. The number of halogens is 1. The third kappa shape index (κ3) is 2.36. The van der Waals surface area contributed by atoms with Gasteiger partial charge in [0.1, 0.15) is 5.02 Å². The molecule has 0 saturated carbocycles. The lowest BCUT2D eigenvalue weighted by Gasteiger charge is -2.05. The number of rotatable bonds is 3. The molecule has 0 aliphatic carbocycles. The van der Waals surface area contributed by atoms with Gasteiger partial charge in [0.05, 0.1) is 18.0 Å². The summed E-state index contributed by atoms with van der Waals surface area (Å²) in [5, 5.41) is 12.7. The average Bonchev–Trinajstić information content (AvgIpc) is 2.67. The SMILES string of the molecule is Cn1cc(Oc2nccc(C(=O)O)c2Cl)cn1. The van der Waals surface area contributed by atoms with E-state index >= 15 is 0 Å². The number of aromatic nitrogens is 3. The van der Waals surface area contributed by atoms with Crippen molar-refractivity contribution in [2.24, 2.45) is 7.05 Å². The summed E-state index contributed by atoms with van der Waals surface area (Å²) in [5.74, 6) is -0.655. The predicted molar refractivity (Wildman–Crippen MR) is 59.5 cm³/mol. The quantitative estimate of drug-likeness (QED) is 0.905. The zero-order valence-electron chi connectivity index (χ0n) is 8.79. The van der Waals surface area contributed by atoms with Crippen LogP contribution in [0.2, 0.25) is 5.02 Å². The van der Waals surface area contributed by atoms with Gasteiger partial charge in [0.25, 0.3) is 0 Å². The summed E-state index contributed by atoms with van der Waals surface area (Å²) >= 11 is 5.86. The zero-order valence-corrected chi connectivity index (χ0v) is 9.55. The largest absolute Gasteiger partial charge is 0.478 e. The Balaban J connectivity index is 2.33. The normalized spacial score (nSPS) is 10.2. The van der Waals surface area contributed by atoms with E-state index in [4.69, 9.17) is 21.4 Å². The number of aromatic carboxylic acids is 1. The van der Waals surface area contributed by atoms with Crippen molar-refractivity contribution in [2.75, 3.05) is 0 Å². The second-order valence-corrected chi connectivity index (χ2v) is 3.61. The summed E-state index contributed by atoms with van der Waals surface area (Å²) in [6.45, 7) is 0. The van der Waals surface area contributed by atoms with Crippen molar-refractivity contribution in [1.29, 1.82) is 0 Å². The lowest BCUT2D eigenvalue weighted by atomic mass is 10.3. The van der Waals surface area contributed by atoms with E-state index in [1.165, 1.54) is 18.5 Å². The van der Waals surface area contributed by atoms with Gasteiger partial charge < -0.3 is 9.84 Å². The van der Waals surface area contributed by atoms with Crippen LogP contribution in [-0.4, -0.2) is 25.8 Å². The number of nitrogens with zero attached hydrogens (tertiary/aromatic N) is 3. The molecule has 0 aromatic carbocycles. The maximum Gasteiger partial charge on any atom is 0.337 e. The fraction of sp³-hybridized carbons (Fsp3) is 0.100. The maximum absolute atomic E-state index is 10.8. The molecule has 88 valence electrons. The minimum Gasteiger partial charge on any atom is -0.478 e. The van der Waals surface area contributed by atoms with Gasteiger partial charge in [-0.2, -0.15) is 5.10 Å². The van der Waals surface area contributed by atoms with E-state index in [-0.39, 0.29) is 16.5 Å². The summed E-state index contributed by atoms with van der Waals surface area (Å²) < 4.78 is 6.88. The molecule has 0 aliphatic rings. The van der Waals surface area contributed by atoms with Crippen molar-refractivity contribution in [3.63, 3.8) is 0 Å². The molecule has 2 aromatic heterocycles. The van der Waals surface area contributed by atoms with Crippen LogP contribution in [0, 0.1) is 0 Å². The van der Waals surface area contributed by atoms with Crippen molar-refractivity contribution in [3.8, 4) is 11.6 Å². The van der Waals surface area contributed by atoms with Gasteiger partial charge in [-0.3, -0.25) is 4.68 Å². The van der Waals surface area contributed by atoms with Gasteiger partial charge in [0, 0.05) is 13.2 Å². The van der Waals surface area contributed by atoms with Crippen molar-refractivity contribution >= 4 is 17.6 Å². The molecule has 0 atom stereocenters. The highest BCUT2D eigenvalue weighted by Crippen LogP contribution is 2.29. The number of carboxylic acids is 1. The summed E-state index contributed by atoms with van der Waals surface area (Å²) in [4.78, 5) is 14.7. The molecule has 0 saturated heterocycles. The molecule has 2 heterocycles. The summed E-state index contributed by atoms with van der Waals surface area (Å²) in [6.07, 6.45) is 4.41. The minimum absolute atomic E-state index is 0.0381. The van der Waals surface area contributed by atoms with E-state index in [9.17, 15) is 4.79 Å². The lowest BCUT2D eigenvalue weighted by molar-refractivity contribution is 0.0696. The Hall–Kier alpha value is -2.08. The molecular weight excluding hydrogens is 246 g/mol. The third-order valence-corrected chi connectivity index (χ3v) is 2.35. The monoisotopic (exact) mass is 253 g/mol. The first-order valence-corrected chi connectivity index (χ1v) is 5.00. The Labute approximate surface area is 101 Å². The first kappa shape index (κ1) is 11.4. The van der Waals surface area contributed by atoms with Crippen LogP contribution in [0.3, 0.4) is 0 Å². The fourth-order valence-electron chi connectivity index (χ4n) is 1.22. The molecule has 0 fully saturated rings. The van der Waals surface area contributed by atoms with Gasteiger partial charge in [-0.1, -0.05) is 11.6 Å². The summed E-state index contributed by atoms with van der Waals surface area (Å²) in [6, 6.07) is 1.31. The Bertz CT molecular complexity index is 568. The van der Waals surface area contributed by atoms with E-state index in [0.29, 0.717) is 5.75 Å². The van der Waals surface area contributed by atoms with Gasteiger partial charge in [-0.05, 0) is 6.07 Å². The van der Waals surface area contributed by atoms with Crippen LogP contribution in [0.4, 0.5) is 0 Å². The average molecular weight is 254 g/mol. The van der Waals surface area contributed by atoms with Crippen molar-refractivity contribution in [3.05, 3.63) is 35.2 Å². The molecule has 2 aromatic rings. The number of hydrogen-bond acceptors (Lipinski definition) is 4. The number of carbonyl (C=O) groups is 1. The number of hydrogen-bond donors (Lipinski definition) is 1. The highest BCUT2D eigenvalue weighted by Gasteiger charge is 2.15. The molecule has 0 bridgehead atoms. The topological polar surface area (TPSA) is 77.2 Å². The van der Waals surface area contributed by atoms with Gasteiger partial charge in [0.2, 0.25) is 5.88 Å². The standard InChI is InChI=1S/C10H8ClN3O3/c1-14-5-6(4-13-14)17-9-8(11)7(10(15)16)2-3-12-9/h2-5H,1H3,(H,15,16). The van der Waals surface area contributed by atoms with Gasteiger partial charge in [-0.25, -0.2) is 9.78 Å². The lowest BCUT2D eigenvalue weighted by Crippen LogP contribution is -1.99. The zero-order chi connectivity index (χ0) is 12.4. The molecule has 17 heavy (non-hydrogen) atoms. The van der Waals surface area contributed by atoms with E-state index in [1.54, 1.807) is 17.9 Å². The van der Waals surface area contributed by atoms with Gasteiger partial charge in [0.15, 0.2) is 5.75 Å². The second kappa shape index (κ2) is 4.42. The molecule has 0 unspecified atom stereocenters. The molecule has 0 aliphatic heterocycles. The van der Waals surface area contributed by atoms with Crippen LogP contribution >= 0.6 is 11.6 Å². The number of aryl methyl sites for hydroxylation is 1. The minimum atomic E-state index is -1.13. The van der Waals surface area contributed by atoms with Crippen LogP contribution in [0.5, 0.6) is 11.6 Å². The van der Waals surface area contributed by atoms with Gasteiger partial charge in [-0.15, -0.1) is 0 Å². The Morgan fingerprint density at radius 3 is 2.94 bits per heavy atom. The van der Waals surface area contributed by atoms with E-state index in [0.717, 1.165) is 0 Å². The maximum atomic E-state index is 10.8. The Kier molecular flexibility index (Phi) is 2.97. The van der Waals surface area contributed by atoms with Gasteiger partial charge >= 0.3 is 5.97 Å². The van der Waals surface area contributed by atoms with Crippen molar-refractivity contribution in [1.82, 2.24) is 14.8 Å². The number of ether oxygens (including phenoxy) is 1. The summed E-state index contributed by atoms with van der Waals surface area (Å²) in [5.41, 5.74) is -0.0550. The van der Waals surface area contributed by atoms with E-state index in [2.05, 4.69) is 10.1 Å².